The van der Waals surface area contributed by atoms with E-state index in [-0.39, 0.29) is 6.61 Å². The standard InChI is InChI=1S/C11H19NO4.C2H4/c1-10(2,3)16-9(14)12-8(6-13)7-15-11(12,4)5;1-2/h6,8H,7H2,1-5H3;1-2H2. The third kappa shape index (κ3) is 4.14. The first-order chi connectivity index (χ1) is 8.17. The molecule has 18 heavy (non-hydrogen) atoms. The van der Waals surface area contributed by atoms with Gasteiger partial charge in [0.1, 0.15) is 23.7 Å². The highest BCUT2D eigenvalue weighted by atomic mass is 16.6. The van der Waals surface area contributed by atoms with Crippen molar-refractivity contribution in [2.75, 3.05) is 6.61 Å². The summed E-state index contributed by atoms with van der Waals surface area (Å²) >= 11 is 0. The van der Waals surface area contributed by atoms with Crippen LogP contribution in [0.25, 0.3) is 0 Å². The lowest BCUT2D eigenvalue weighted by molar-refractivity contribution is -0.113. The van der Waals surface area contributed by atoms with Gasteiger partial charge < -0.3 is 14.3 Å². The molecule has 1 aliphatic heterocycles. The van der Waals surface area contributed by atoms with E-state index in [1.165, 1.54) is 4.90 Å². The van der Waals surface area contributed by atoms with Crippen LogP contribution < -0.4 is 0 Å². The number of rotatable bonds is 1. The maximum absolute atomic E-state index is 11.9. The molecule has 0 bridgehead atoms. The summed E-state index contributed by atoms with van der Waals surface area (Å²) in [5, 5.41) is 0. The lowest BCUT2D eigenvalue weighted by Crippen LogP contribution is -2.50. The highest BCUT2D eigenvalue weighted by Gasteiger charge is 2.45. The molecule has 0 aromatic rings. The summed E-state index contributed by atoms with van der Waals surface area (Å²) in [5.74, 6) is 0. The van der Waals surface area contributed by atoms with Crippen LogP contribution in [0, 0.1) is 0 Å². The average molecular weight is 257 g/mol. The van der Waals surface area contributed by atoms with Crippen LogP contribution in [0.15, 0.2) is 13.2 Å². The van der Waals surface area contributed by atoms with Crippen LogP contribution in [0.2, 0.25) is 0 Å². The smallest absolute Gasteiger partial charge is 0.413 e. The fraction of sp³-hybridized carbons (Fsp3) is 0.692. The van der Waals surface area contributed by atoms with E-state index in [1.54, 1.807) is 34.6 Å². The first-order valence-electron chi connectivity index (χ1n) is 5.79. The van der Waals surface area contributed by atoms with Crippen molar-refractivity contribution in [1.82, 2.24) is 4.90 Å². The van der Waals surface area contributed by atoms with E-state index in [0.717, 1.165) is 0 Å². The molecule has 1 amide bonds. The molecule has 1 rings (SSSR count). The minimum Gasteiger partial charge on any atom is -0.444 e. The van der Waals surface area contributed by atoms with E-state index in [9.17, 15) is 9.59 Å². The summed E-state index contributed by atoms with van der Waals surface area (Å²) in [4.78, 5) is 24.1. The Hall–Kier alpha value is -1.36. The summed E-state index contributed by atoms with van der Waals surface area (Å²) in [6.07, 6.45) is 0.186. The van der Waals surface area contributed by atoms with Gasteiger partial charge in [-0.1, -0.05) is 0 Å². The van der Waals surface area contributed by atoms with Gasteiger partial charge in [0.25, 0.3) is 0 Å². The fourth-order valence-corrected chi connectivity index (χ4v) is 1.60. The molecule has 0 N–H and O–H groups in total. The minimum absolute atomic E-state index is 0.218. The quantitative estimate of drug-likeness (QED) is 0.534. The lowest BCUT2D eigenvalue weighted by Gasteiger charge is -2.33. The Labute approximate surface area is 109 Å². The van der Waals surface area contributed by atoms with E-state index in [0.29, 0.717) is 6.29 Å². The zero-order chi connectivity index (χ0) is 14.6. The van der Waals surface area contributed by atoms with Crippen LogP contribution in [-0.4, -0.2) is 41.3 Å². The molecule has 1 unspecified atom stereocenters. The molecule has 0 aromatic carbocycles. The number of hydrogen-bond donors (Lipinski definition) is 0. The van der Waals surface area contributed by atoms with Gasteiger partial charge in [0.2, 0.25) is 0 Å². The number of aldehydes is 1. The molecule has 0 saturated carbocycles. The molecular weight excluding hydrogens is 234 g/mol. The van der Waals surface area contributed by atoms with Crippen LogP contribution >= 0.6 is 0 Å². The summed E-state index contributed by atoms with van der Waals surface area (Å²) in [6.45, 7) is 15.0. The summed E-state index contributed by atoms with van der Waals surface area (Å²) in [5.41, 5.74) is -1.38. The third-order valence-electron chi connectivity index (χ3n) is 2.27. The number of nitrogens with zero attached hydrogens (tertiary/aromatic N) is 1. The van der Waals surface area contributed by atoms with Crippen LogP contribution in [0.3, 0.4) is 0 Å². The first kappa shape index (κ1) is 16.6. The Balaban J connectivity index is 0.00000137. The Morgan fingerprint density at radius 2 is 1.94 bits per heavy atom. The van der Waals surface area contributed by atoms with Gasteiger partial charge in [0, 0.05) is 0 Å². The Bertz CT molecular complexity index is 307. The van der Waals surface area contributed by atoms with E-state index < -0.39 is 23.5 Å². The van der Waals surface area contributed by atoms with Crippen molar-refractivity contribution in [1.29, 1.82) is 0 Å². The molecular formula is C13H23NO4. The molecule has 1 atom stereocenters. The summed E-state index contributed by atoms with van der Waals surface area (Å²) in [7, 11) is 0. The number of ether oxygens (including phenoxy) is 2. The predicted molar refractivity (Wildman–Crippen MR) is 69.2 cm³/mol. The number of carbonyl (C=O) groups excluding carboxylic acids is 2. The van der Waals surface area contributed by atoms with Gasteiger partial charge in [0.05, 0.1) is 6.61 Å². The molecule has 0 aromatic heterocycles. The summed E-state index contributed by atoms with van der Waals surface area (Å²) < 4.78 is 10.6. The zero-order valence-electron chi connectivity index (χ0n) is 11.9. The SMILES string of the molecule is C=C.CC(C)(C)OC(=O)N1C(C=O)COC1(C)C. The molecule has 5 heteroatoms. The second-order valence-electron chi connectivity index (χ2n) is 5.31. The molecule has 1 aliphatic rings. The Morgan fingerprint density at radius 3 is 2.33 bits per heavy atom. The minimum atomic E-state index is -0.798. The van der Waals surface area contributed by atoms with Crippen LogP contribution in [0.4, 0.5) is 4.79 Å². The van der Waals surface area contributed by atoms with E-state index >= 15 is 0 Å². The second-order valence-corrected chi connectivity index (χ2v) is 5.31. The van der Waals surface area contributed by atoms with Crippen molar-refractivity contribution in [3.63, 3.8) is 0 Å². The lowest BCUT2D eigenvalue weighted by atomic mass is 10.2. The van der Waals surface area contributed by atoms with Crippen molar-refractivity contribution < 1.29 is 19.1 Å². The fourth-order valence-electron chi connectivity index (χ4n) is 1.60. The van der Waals surface area contributed by atoms with Crippen LogP contribution in [-0.2, 0) is 14.3 Å². The van der Waals surface area contributed by atoms with Gasteiger partial charge in [-0.3, -0.25) is 4.90 Å². The highest BCUT2D eigenvalue weighted by molar-refractivity contribution is 5.75. The average Bonchev–Trinajstić information content (AvgIpc) is 2.54. The van der Waals surface area contributed by atoms with Crippen molar-refractivity contribution in [2.45, 2.75) is 52.0 Å². The van der Waals surface area contributed by atoms with Crippen molar-refractivity contribution >= 4 is 12.4 Å². The molecule has 1 saturated heterocycles. The van der Waals surface area contributed by atoms with Crippen LogP contribution in [0.1, 0.15) is 34.6 Å². The van der Waals surface area contributed by atoms with Gasteiger partial charge in [-0.05, 0) is 34.6 Å². The van der Waals surface area contributed by atoms with Crippen molar-refractivity contribution in [3.8, 4) is 0 Å². The molecule has 1 fully saturated rings. The van der Waals surface area contributed by atoms with E-state index in [2.05, 4.69) is 13.2 Å². The number of hydrogen-bond acceptors (Lipinski definition) is 4. The van der Waals surface area contributed by atoms with Gasteiger partial charge >= 0.3 is 6.09 Å². The second kappa shape index (κ2) is 6.00. The van der Waals surface area contributed by atoms with Crippen molar-refractivity contribution in [3.05, 3.63) is 13.2 Å². The molecule has 1 heterocycles. The molecule has 0 radical (unpaired) electrons. The monoisotopic (exact) mass is 257 g/mol. The van der Waals surface area contributed by atoms with Crippen molar-refractivity contribution in [2.24, 2.45) is 0 Å². The first-order valence-corrected chi connectivity index (χ1v) is 5.79. The molecule has 0 spiro atoms. The topological polar surface area (TPSA) is 55.8 Å². The third-order valence-corrected chi connectivity index (χ3v) is 2.27. The maximum Gasteiger partial charge on any atom is 0.413 e. The van der Waals surface area contributed by atoms with Gasteiger partial charge in [0.15, 0.2) is 0 Å². The Kier molecular flexibility index (Phi) is 5.55. The summed E-state index contributed by atoms with van der Waals surface area (Å²) in [6, 6.07) is -0.565. The number of amides is 1. The molecule has 0 aliphatic carbocycles. The normalized spacial score (nSPS) is 21.8. The highest BCUT2D eigenvalue weighted by Crippen LogP contribution is 2.28. The maximum atomic E-state index is 11.9. The molecule has 104 valence electrons. The zero-order valence-corrected chi connectivity index (χ0v) is 11.9. The largest absolute Gasteiger partial charge is 0.444 e. The molecule has 5 nitrogen and oxygen atoms in total. The van der Waals surface area contributed by atoms with Gasteiger partial charge in [-0.15, -0.1) is 13.2 Å². The Morgan fingerprint density at radius 1 is 1.44 bits per heavy atom. The predicted octanol–water partition coefficient (Wildman–Crippen LogP) is 2.36. The van der Waals surface area contributed by atoms with E-state index in [1.807, 2.05) is 0 Å². The van der Waals surface area contributed by atoms with Gasteiger partial charge in [-0.25, -0.2) is 4.79 Å². The van der Waals surface area contributed by atoms with Crippen LogP contribution in [0.5, 0.6) is 0 Å². The number of carbonyl (C=O) groups is 2. The van der Waals surface area contributed by atoms with Gasteiger partial charge in [-0.2, -0.15) is 0 Å². The van der Waals surface area contributed by atoms with E-state index in [4.69, 9.17) is 9.47 Å².